The van der Waals surface area contributed by atoms with Gasteiger partial charge in [-0.25, -0.2) is 29.9 Å². The first-order chi connectivity index (χ1) is 28.2. The monoisotopic (exact) mass is 747 g/mol. The molecule has 10 aromatic rings. The first-order valence-corrected chi connectivity index (χ1v) is 19.2. The minimum atomic E-state index is 0.567. The molecule has 3 heterocycles. The van der Waals surface area contributed by atoms with Crippen LogP contribution in [-0.4, -0.2) is 29.9 Å². The van der Waals surface area contributed by atoms with E-state index in [9.17, 15) is 5.26 Å². The van der Waals surface area contributed by atoms with E-state index < -0.39 is 0 Å². The molecule has 0 bridgehead atoms. The second kappa shape index (κ2) is 14.5. The van der Waals surface area contributed by atoms with Gasteiger partial charge in [0.2, 0.25) is 0 Å². The molecule has 0 atom stereocenters. The van der Waals surface area contributed by atoms with Crippen molar-refractivity contribution in [3.8, 4) is 85.5 Å². The number of fused-ring (bicyclic) bond motifs is 3. The maximum absolute atomic E-state index is 9.69. The molecule has 0 spiro atoms. The summed E-state index contributed by atoms with van der Waals surface area (Å²) in [7, 11) is 0. The molecule has 3 aromatic heterocycles. The van der Waals surface area contributed by atoms with E-state index in [4.69, 9.17) is 29.9 Å². The highest BCUT2D eigenvalue weighted by atomic mass is 32.1. The molecular formula is C49H29N7S. The molecule has 8 heteroatoms. The van der Waals surface area contributed by atoms with Gasteiger partial charge >= 0.3 is 0 Å². The first-order valence-electron chi connectivity index (χ1n) is 18.4. The molecule has 0 fully saturated rings. The number of rotatable bonds is 7. The lowest BCUT2D eigenvalue weighted by molar-refractivity contribution is 1.07. The average Bonchev–Trinajstić information content (AvgIpc) is 3.68. The Morgan fingerprint density at radius 3 is 1.35 bits per heavy atom. The summed E-state index contributed by atoms with van der Waals surface area (Å²) in [5, 5.41) is 11.9. The summed E-state index contributed by atoms with van der Waals surface area (Å²) in [5.74, 6) is 3.61. The summed E-state index contributed by atoms with van der Waals surface area (Å²) in [5.41, 5.74) is 7.90. The molecule has 266 valence electrons. The van der Waals surface area contributed by atoms with Gasteiger partial charge in [-0.15, -0.1) is 11.3 Å². The van der Waals surface area contributed by atoms with Crippen LogP contribution in [0.5, 0.6) is 0 Å². The smallest absolute Gasteiger partial charge is 0.165 e. The molecule has 0 saturated carbocycles. The second-order valence-corrected chi connectivity index (χ2v) is 14.5. The van der Waals surface area contributed by atoms with E-state index in [-0.39, 0.29) is 0 Å². The summed E-state index contributed by atoms with van der Waals surface area (Å²) in [6.07, 6.45) is 0. The SMILES string of the molecule is N#Cc1ccccc1-c1ccc(-c2nc(-c3ccccc3)nc(-c3cccc4c3sc3cc(-c5nc(-c6ccccc6)nc(-c6ccccc6)n5)ccc34)n2)cc1. The van der Waals surface area contributed by atoms with E-state index in [0.717, 1.165) is 64.7 Å². The normalized spacial score (nSPS) is 11.1. The molecule has 0 radical (unpaired) electrons. The number of nitrogens with zero attached hydrogens (tertiary/aromatic N) is 7. The lowest BCUT2D eigenvalue weighted by Crippen LogP contribution is -2.00. The fourth-order valence-electron chi connectivity index (χ4n) is 7.02. The average molecular weight is 748 g/mol. The van der Waals surface area contributed by atoms with Crippen molar-refractivity contribution in [2.24, 2.45) is 0 Å². The number of aromatic nitrogens is 6. The zero-order chi connectivity index (χ0) is 38.1. The Kier molecular flexibility index (Phi) is 8.60. The van der Waals surface area contributed by atoms with Crippen molar-refractivity contribution < 1.29 is 0 Å². The zero-order valence-electron chi connectivity index (χ0n) is 30.3. The molecule has 57 heavy (non-hydrogen) atoms. The van der Waals surface area contributed by atoms with Crippen LogP contribution in [0.25, 0.3) is 99.6 Å². The van der Waals surface area contributed by atoms with Crippen molar-refractivity contribution in [2.75, 3.05) is 0 Å². The second-order valence-electron chi connectivity index (χ2n) is 13.4. The molecule has 0 aliphatic heterocycles. The Morgan fingerprint density at radius 2 is 0.789 bits per heavy atom. The number of nitriles is 1. The first kappa shape index (κ1) is 33.8. The van der Waals surface area contributed by atoms with Crippen LogP contribution in [0.3, 0.4) is 0 Å². The molecular weight excluding hydrogens is 719 g/mol. The van der Waals surface area contributed by atoms with Crippen molar-refractivity contribution >= 4 is 31.5 Å². The molecule has 0 saturated heterocycles. The van der Waals surface area contributed by atoms with E-state index in [2.05, 4.69) is 42.5 Å². The molecule has 0 unspecified atom stereocenters. The number of benzene rings is 7. The van der Waals surface area contributed by atoms with Crippen LogP contribution >= 0.6 is 11.3 Å². The highest BCUT2D eigenvalue weighted by Crippen LogP contribution is 2.41. The quantitative estimate of drug-likeness (QED) is 0.160. The maximum Gasteiger partial charge on any atom is 0.165 e. The predicted molar refractivity (Wildman–Crippen MR) is 229 cm³/mol. The Hall–Kier alpha value is -7.73. The van der Waals surface area contributed by atoms with Gasteiger partial charge < -0.3 is 0 Å². The van der Waals surface area contributed by atoms with E-state index >= 15 is 0 Å². The molecule has 7 nitrogen and oxygen atoms in total. The number of hydrogen-bond donors (Lipinski definition) is 0. The van der Waals surface area contributed by atoms with Crippen molar-refractivity contribution in [1.82, 2.24) is 29.9 Å². The third kappa shape index (κ3) is 6.48. The molecule has 0 N–H and O–H groups in total. The summed E-state index contributed by atoms with van der Waals surface area (Å²) >= 11 is 1.70. The Labute approximate surface area is 332 Å². The van der Waals surface area contributed by atoms with Gasteiger partial charge in [-0.3, -0.25) is 0 Å². The fraction of sp³-hybridized carbons (Fsp3) is 0. The van der Waals surface area contributed by atoms with Crippen LogP contribution in [-0.2, 0) is 0 Å². The predicted octanol–water partition coefficient (Wildman–Crippen LogP) is 12.0. The van der Waals surface area contributed by atoms with Gasteiger partial charge in [-0.05, 0) is 29.3 Å². The van der Waals surface area contributed by atoms with Crippen LogP contribution < -0.4 is 0 Å². The third-order valence-corrected chi connectivity index (χ3v) is 11.1. The van der Waals surface area contributed by atoms with Gasteiger partial charge in [0.05, 0.1) is 11.6 Å². The fourth-order valence-corrected chi connectivity index (χ4v) is 8.28. The van der Waals surface area contributed by atoms with Crippen LogP contribution in [0.1, 0.15) is 5.56 Å². The standard InChI is InChI=1S/C49H29N7S/c50-30-37-19-10-11-20-38(37)31-23-25-35(26-24-31)47-52-46(34-17-8-3-9-18-34)55-49(56-47)41-22-12-21-40-39-28-27-36(29-42(39)57-43(40)41)48-53-44(32-13-4-1-5-14-32)51-45(54-48)33-15-6-2-7-16-33/h1-29H. The molecule has 0 amide bonds. The number of hydrogen-bond acceptors (Lipinski definition) is 8. The number of thiophene rings is 1. The summed E-state index contributed by atoms with van der Waals surface area (Å²) < 4.78 is 2.18. The minimum absolute atomic E-state index is 0.567. The van der Waals surface area contributed by atoms with E-state index in [1.54, 1.807) is 11.3 Å². The highest BCUT2D eigenvalue weighted by molar-refractivity contribution is 7.26. The van der Waals surface area contributed by atoms with Crippen molar-refractivity contribution in [3.05, 3.63) is 181 Å². The Balaban J connectivity index is 1.09. The lowest BCUT2D eigenvalue weighted by atomic mass is 9.99. The summed E-state index contributed by atoms with van der Waals surface area (Å²) in [6, 6.07) is 60.7. The van der Waals surface area contributed by atoms with Crippen molar-refractivity contribution in [3.63, 3.8) is 0 Å². The largest absolute Gasteiger partial charge is 0.208 e. The topological polar surface area (TPSA) is 101 Å². The van der Waals surface area contributed by atoms with E-state index in [0.29, 0.717) is 40.5 Å². The minimum Gasteiger partial charge on any atom is -0.208 e. The van der Waals surface area contributed by atoms with Gasteiger partial charge in [-0.1, -0.05) is 158 Å². The highest BCUT2D eigenvalue weighted by Gasteiger charge is 2.18. The molecule has 0 aliphatic rings. The van der Waals surface area contributed by atoms with Crippen molar-refractivity contribution in [1.29, 1.82) is 5.26 Å². The van der Waals surface area contributed by atoms with Crippen molar-refractivity contribution in [2.45, 2.75) is 0 Å². The van der Waals surface area contributed by atoms with Gasteiger partial charge in [0, 0.05) is 53.6 Å². The third-order valence-electron chi connectivity index (χ3n) is 9.87. The summed E-state index contributed by atoms with van der Waals surface area (Å²) in [6.45, 7) is 0. The van der Waals surface area contributed by atoms with Gasteiger partial charge in [0.15, 0.2) is 34.9 Å². The van der Waals surface area contributed by atoms with E-state index in [1.165, 1.54) is 0 Å². The lowest BCUT2D eigenvalue weighted by Gasteiger charge is -2.10. The van der Waals surface area contributed by atoms with Gasteiger partial charge in [-0.2, -0.15) is 5.26 Å². The van der Waals surface area contributed by atoms with Crippen LogP contribution in [0.4, 0.5) is 0 Å². The Morgan fingerprint density at radius 1 is 0.351 bits per heavy atom. The maximum atomic E-state index is 9.69. The Bertz CT molecular complexity index is 3060. The zero-order valence-corrected chi connectivity index (χ0v) is 31.1. The van der Waals surface area contributed by atoms with Crippen LogP contribution in [0, 0.1) is 11.3 Å². The molecule has 10 rings (SSSR count). The molecule has 0 aliphatic carbocycles. The van der Waals surface area contributed by atoms with Crippen LogP contribution in [0.15, 0.2) is 176 Å². The van der Waals surface area contributed by atoms with Gasteiger partial charge in [0.25, 0.3) is 0 Å². The molecule has 7 aromatic carbocycles. The van der Waals surface area contributed by atoms with Crippen LogP contribution in [0.2, 0.25) is 0 Å². The van der Waals surface area contributed by atoms with E-state index in [1.807, 2.05) is 140 Å². The van der Waals surface area contributed by atoms with Gasteiger partial charge in [0.1, 0.15) is 0 Å². The summed E-state index contributed by atoms with van der Waals surface area (Å²) in [4.78, 5) is 30.0.